The normalized spacial score (nSPS) is 19.0. The van der Waals surface area contributed by atoms with E-state index in [1.807, 2.05) is 19.9 Å². The van der Waals surface area contributed by atoms with E-state index in [0.29, 0.717) is 16.7 Å². The first-order chi connectivity index (χ1) is 9.96. The van der Waals surface area contributed by atoms with Crippen LogP contribution in [0.5, 0.6) is 11.5 Å². The topological polar surface area (TPSA) is 72.3 Å². The van der Waals surface area contributed by atoms with Gasteiger partial charge in [0, 0.05) is 0 Å². The molecule has 1 aliphatic heterocycles. The van der Waals surface area contributed by atoms with Crippen molar-refractivity contribution in [2.45, 2.75) is 18.6 Å². The second-order valence-electron chi connectivity index (χ2n) is 4.83. The van der Waals surface area contributed by atoms with Gasteiger partial charge in [-0.1, -0.05) is 11.8 Å². The maximum absolute atomic E-state index is 11.6. The van der Waals surface area contributed by atoms with Crippen LogP contribution in [0.25, 0.3) is 0 Å². The molecule has 1 aromatic rings. The minimum Gasteiger partial charge on any atom is -0.493 e. The van der Waals surface area contributed by atoms with Gasteiger partial charge in [-0.05, 0) is 37.6 Å². The van der Waals surface area contributed by atoms with Gasteiger partial charge >= 0.3 is 0 Å². The van der Waals surface area contributed by atoms with Crippen LogP contribution < -0.4 is 14.8 Å². The molecule has 21 heavy (non-hydrogen) atoms. The first-order valence-electron chi connectivity index (χ1n) is 6.30. The molecule has 1 amide bonds. The van der Waals surface area contributed by atoms with Crippen LogP contribution in [0.3, 0.4) is 0 Å². The highest BCUT2D eigenvalue weighted by molar-refractivity contribution is 8.16. The quantitative estimate of drug-likeness (QED) is 0.682. The van der Waals surface area contributed by atoms with Gasteiger partial charge in [0.05, 0.1) is 25.2 Å². The number of carbonyl (C=O) groups is 1. The molecular formula is C14H17N3O3S. The average Bonchev–Trinajstić information content (AvgIpc) is 2.71. The van der Waals surface area contributed by atoms with Gasteiger partial charge in [-0.25, -0.2) is 0 Å². The molecule has 0 aliphatic carbocycles. The fraction of sp³-hybridized carbons (Fsp3) is 0.357. The summed E-state index contributed by atoms with van der Waals surface area (Å²) in [6.07, 6.45) is 1.59. The highest BCUT2D eigenvalue weighted by Crippen LogP contribution is 2.30. The Hall–Kier alpha value is -2.02. The van der Waals surface area contributed by atoms with Gasteiger partial charge in [0.2, 0.25) is 5.91 Å². The van der Waals surface area contributed by atoms with Crippen molar-refractivity contribution >= 4 is 29.1 Å². The lowest BCUT2D eigenvalue weighted by molar-refractivity contribution is -0.120. The van der Waals surface area contributed by atoms with Crippen LogP contribution in [0, 0.1) is 0 Å². The summed E-state index contributed by atoms with van der Waals surface area (Å²) in [5.41, 5.74) is 0.825. The second-order valence-corrected chi connectivity index (χ2v) is 6.44. The average molecular weight is 307 g/mol. The molecular weight excluding hydrogens is 290 g/mol. The van der Waals surface area contributed by atoms with Crippen molar-refractivity contribution < 1.29 is 14.3 Å². The SMILES string of the molecule is COc1ccc(C=NN=C2NC(=O)C(C)(C)S2)cc1OC. The summed E-state index contributed by atoms with van der Waals surface area (Å²) in [7, 11) is 3.16. The van der Waals surface area contributed by atoms with Crippen molar-refractivity contribution in [2.75, 3.05) is 14.2 Å². The largest absolute Gasteiger partial charge is 0.493 e. The predicted molar refractivity (Wildman–Crippen MR) is 84.4 cm³/mol. The number of benzene rings is 1. The minimum absolute atomic E-state index is 0.0624. The maximum Gasteiger partial charge on any atom is 0.242 e. The van der Waals surface area contributed by atoms with E-state index >= 15 is 0 Å². The van der Waals surface area contributed by atoms with Crippen LogP contribution in [0.4, 0.5) is 0 Å². The molecule has 0 unspecified atom stereocenters. The van der Waals surface area contributed by atoms with Gasteiger partial charge in [-0.3, -0.25) is 4.79 Å². The molecule has 0 radical (unpaired) electrons. The highest BCUT2D eigenvalue weighted by Gasteiger charge is 2.38. The molecule has 0 atom stereocenters. The smallest absolute Gasteiger partial charge is 0.242 e. The molecule has 1 heterocycles. The van der Waals surface area contributed by atoms with E-state index in [9.17, 15) is 4.79 Å². The van der Waals surface area contributed by atoms with Crippen LogP contribution in [0.1, 0.15) is 19.4 Å². The lowest BCUT2D eigenvalue weighted by Crippen LogP contribution is -2.30. The summed E-state index contributed by atoms with van der Waals surface area (Å²) < 4.78 is 9.88. The zero-order valence-electron chi connectivity index (χ0n) is 12.3. The van der Waals surface area contributed by atoms with Crippen molar-refractivity contribution in [3.8, 4) is 11.5 Å². The number of ether oxygens (including phenoxy) is 2. The first kappa shape index (κ1) is 15.4. The van der Waals surface area contributed by atoms with Crippen LogP contribution in [-0.4, -0.2) is 36.3 Å². The van der Waals surface area contributed by atoms with Crippen molar-refractivity contribution in [3.63, 3.8) is 0 Å². The number of methoxy groups -OCH3 is 2. The van der Waals surface area contributed by atoms with E-state index in [2.05, 4.69) is 15.5 Å². The molecule has 1 N–H and O–H groups in total. The Labute approximate surface area is 127 Å². The van der Waals surface area contributed by atoms with E-state index in [-0.39, 0.29) is 5.91 Å². The molecule has 112 valence electrons. The molecule has 0 saturated carbocycles. The van der Waals surface area contributed by atoms with Gasteiger partial charge in [0.15, 0.2) is 16.7 Å². The third-order valence-corrected chi connectivity index (χ3v) is 3.95. The number of nitrogens with one attached hydrogen (secondary N) is 1. The number of rotatable bonds is 4. The van der Waals surface area contributed by atoms with Crippen molar-refractivity contribution in [3.05, 3.63) is 23.8 Å². The van der Waals surface area contributed by atoms with E-state index in [0.717, 1.165) is 5.56 Å². The fourth-order valence-electron chi connectivity index (χ4n) is 1.69. The molecule has 7 heteroatoms. The molecule has 1 saturated heterocycles. The van der Waals surface area contributed by atoms with Crippen LogP contribution in [-0.2, 0) is 4.79 Å². The van der Waals surface area contributed by atoms with E-state index in [4.69, 9.17) is 9.47 Å². The zero-order valence-corrected chi connectivity index (χ0v) is 13.2. The summed E-state index contributed by atoms with van der Waals surface area (Å²) in [6.45, 7) is 3.68. The summed E-state index contributed by atoms with van der Waals surface area (Å²) in [6, 6.07) is 5.44. The van der Waals surface area contributed by atoms with E-state index in [1.54, 1.807) is 32.6 Å². The molecule has 0 aromatic heterocycles. The van der Waals surface area contributed by atoms with Crippen molar-refractivity contribution in [2.24, 2.45) is 10.2 Å². The van der Waals surface area contributed by atoms with Crippen LogP contribution in [0.2, 0.25) is 0 Å². The maximum atomic E-state index is 11.6. The van der Waals surface area contributed by atoms with Gasteiger partial charge in [0.1, 0.15) is 0 Å². The number of amides is 1. The Kier molecular flexibility index (Phi) is 4.52. The van der Waals surface area contributed by atoms with Crippen molar-refractivity contribution in [1.82, 2.24) is 5.32 Å². The minimum atomic E-state index is -0.502. The second kappa shape index (κ2) is 6.17. The zero-order chi connectivity index (χ0) is 15.5. The Morgan fingerprint density at radius 2 is 1.95 bits per heavy atom. The van der Waals surface area contributed by atoms with Gasteiger partial charge in [0.25, 0.3) is 0 Å². The van der Waals surface area contributed by atoms with Crippen LogP contribution >= 0.6 is 11.8 Å². The third kappa shape index (κ3) is 3.55. The molecule has 1 aliphatic rings. The summed E-state index contributed by atoms with van der Waals surface area (Å²) in [4.78, 5) is 11.6. The van der Waals surface area contributed by atoms with Gasteiger partial charge < -0.3 is 14.8 Å². The Bertz CT molecular complexity index is 611. The van der Waals surface area contributed by atoms with Crippen LogP contribution in [0.15, 0.2) is 28.4 Å². The van der Waals surface area contributed by atoms with Gasteiger partial charge in [-0.15, -0.1) is 5.10 Å². The fourth-order valence-corrected chi connectivity index (χ4v) is 2.55. The highest BCUT2D eigenvalue weighted by atomic mass is 32.2. The number of carbonyl (C=O) groups excluding carboxylic acids is 1. The first-order valence-corrected chi connectivity index (χ1v) is 7.11. The number of thioether (sulfide) groups is 1. The third-order valence-electron chi connectivity index (χ3n) is 2.88. The lowest BCUT2D eigenvalue weighted by Gasteiger charge is -2.08. The van der Waals surface area contributed by atoms with E-state index < -0.39 is 4.75 Å². The standard InChI is InChI=1S/C14H17N3O3S/c1-14(2)12(18)16-13(21-14)17-15-8-9-5-6-10(19-3)11(7-9)20-4/h5-8H,1-4H3,(H,16,17,18). The number of amidine groups is 1. The monoisotopic (exact) mass is 307 g/mol. The molecule has 1 fully saturated rings. The Balaban J connectivity index is 2.10. The van der Waals surface area contributed by atoms with E-state index in [1.165, 1.54) is 11.8 Å². The molecule has 0 spiro atoms. The Morgan fingerprint density at radius 1 is 1.24 bits per heavy atom. The van der Waals surface area contributed by atoms with Crippen molar-refractivity contribution in [1.29, 1.82) is 0 Å². The predicted octanol–water partition coefficient (Wildman–Crippen LogP) is 2.04. The Morgan fingerprint density at radius 3 is 2.52 bits per heavy atom. The number of hydrogen-bond donors (Lipinski definition) is 1. The molecule has 6 nitrogen and oxygen atoms in total. The molecule has 2 rings (SSSR count). The lowest BCUT2D eigenvalue weighted by atomic mass is 10.2. The van der Waals surface area contributed by atoms with Gasteiger partial charge in [-0.2, -0.15) is 5.10 Å². The molecule has 0 bridgehead atoms. The summed E-state index contributed by atoms with van der Waals surface area (Å²) in [5, 5.41) is 11.2. The summed E-state index contributed by atoms with van der Waals surface area (Å²) >= 11 is 1.36. The summed E-state index contributed by atoms with van der Waals surface area (Å²) in [5.74, 6) is 1.22. The molecule has 1 aromatic carbocycles. The number of hydrogen-bond acceptors (Lipinski definition) is 6. The number of nitrogens with zero attached hydrogens (tertiary/aromatic N) is 2.